The monoisotopic (exact) mass is 267 g/mol. The van der Waals surface area contributed by atoms with Gasteiger partial charge in [-0.15, -0.1) is 0 Å². The third-order valence-electron chi connectivity index (χ3n) is 3.87. The fraction of sp³-hybridized carbons (Fsp3) is 0.786. The van der Waals surface area contributed by atoms with Crippen molar-refractivity contribution in [1.82, 2.24) is 15.1 Å². The van der Waals surface area contributed by atoms with Crippen LogP contribution in [-0.4, -0.2) is 49.8 Å². The van der Waals surface area contributed by atoms with Gasteiger partial charge in [-0.2, -0.15) is 5.10 Å². The predicted octanol–water partition coefficient (Wildman–Crippen LogP) is 0.995. The van der Waals surface area contributed by atoms with Gasteiger partial charge in [0.05, 0.1) is 19.4 Å². The molecule has 1 aromatic heterocycles. The summed E-state index contributed by atoms with van der Waals surface area (Å²) in [5, 5.41) is 7.71. The van der Waals surface area contributed by atoms with Crippen LogP contribution in [0.3, 0.4) is 0 Å². The van der Waals surface area contributed by atoms with Crippen molar-refractivity contribution in [3.63, 3.8) is 0 Å². The number of nitrogens with one attached hydrogen (secondary N) is 1. The van der Waals surface area contributed by atoms with E-state index in [1.807, 2.05) is 17.9 Å². The van der Waals surface area contributed by atoms with E-state index in [-0.39, 0.29) is 5.41 Å². The second kappa shape index (κ2) is 7.03. The van der Waals surface area contributed by atoms with Crippen LogP contribution in [0.5, 0.6) is 0 Å². The molecule has 1 saturated heterocycles. The minimum absolute atomic E-state index is 0.281. The smallest absolute Gasteiger partial charge is 0.0587 e. The number of hydrogen-bond acceptors (Lipinski definition) is 4. The first-order valence-electron chi connectivity index (χ1n) is 6.99. The Morgan fingerprint density at radius 3 is 3.11 bits per heavy atom. The Bertz CT molecular complexity index is 373. The lowest BCUT2D eigenvalue weighted by atomic mass is 9.81. The van der Waals surface area contributed by atoms with Gasteiger partial charge in [-0.05, 0) is 24.8 Å². The highest BCUT2D eigenvalue weighted by molar-refractivity contribution is 5.05. The molecule has 5 heteroatoms. The minimum atomic E-state index is 0.281. The molecule has 0 amide bonds. The average Bonchev–Trinajstić information content (AvgIpc) is 3.02. The molecule has 0 saturated carbocycles. The van der Waals surface area contributed by atoms with E-state index in [1.54, 1.807) is 7.11 Å². The fourth-order valence-electron chi connectivity index (χ4n) is 2.61. The molecule has 1 aromatic rings. The van der Waals surface area contributed by atoms with Crippen molar-refractivity contribution in [2.24, 2.45) is 12.5 Å². The van der Waals surface area contributed by atoms with E-state index in [0.717, 1.165) is 52.2 Å². The third-order valence-corrected chi connectivity index (χ3v) is 3.87. The maximum atomic E-state index is 5.62. The van der Waals surface area contributed by atoms with Gasteiger partial charge in [0.2, 0.25) is 0 Å². The number of aryl methyl sites for hydroxylation is 2. The maximum Gasteiger partial charge on any atom is 0.0587 e. The van der Waals surface area contributed by atoms with Gasteiger partial charge in [0, 0.05) is 45.5 Å². The Balaban J connectivity index is 1.81. The number of rotatable bonds is 8. The Morgan fingerprint density at radius 2 is 2.47 bits per heavy atom. The van der Waals surface area contributed by atoms with Crippen LogP contribution in [-0.2, 0) is 22.9 Å². The SMILES string of the molecule is COCCNCC1(CCc2cnn(C)c2)CCOC1. The Labute approximate surface area is 115 Å². The number of aromatic nitrogens is 2. The summed E-state index contributed by atoms with van der Waals surface area (Å²) in [6, 6.07) is 0. The molecule has 1 aliphatic heterocycles. The highest BCUT2D eigenvalue weighted by Crippen LogP contribution is 2.33. The molecule has 2 rings (SSSR count). The van der Waals surface area contributed by atoms with Gasteiger partial charge in [-0.3, -0.25) is 4.68 Å². The zero-order chi connectivity index (χ0) is 13.6. The van der Waals surface area contributed by atoms with Crippen LogP contribution in [0, 0.1) is 5.41 Å². The lowest BCUT2D eigenvalue weighted by Crippen LogP contribution is -2.36. The van der Waals surface area contributed by atoms with Gasteiger partial charge < -0.3 is 14.8 Å². The van der Waals surface area contributed by atoms with E-state index in [0.29, 0.717) is 0 Å². The standard InChI is InChI=1S/C14H25N3O2/c1-17-10-13(9-16-17)3-4-14(5-7-19-12-14)11-15-6-8-18-2/h9-10,15H,3-8,11-12H2,1-2H3. The number of ether oxygens (including phenoxy) is 2. The topological polar surface area (TPSA) is 48.3 Å². The summed E-state index contributed by atoms with van der Waals surface area (Å²) in [6.45, 7) is 4.44. The van der Waals surface area contributed by atoms with E-state index in [4.69, 9.17) is 9.47 Å². The second-order valence-corrected chi connectivity index (χ2v) is 5.49. The third kappa shape index (κ3) is 4.30. The largest absolute Gasteiger partial charge is 0.383 e. The second-order valence-electron chi connectivity index (χ2n) is 5.49. The Kier molecular flexibility index (Phi) is 5.36. The summed E-state index contributed by atoms with van der Waals surface area (Å²) in [7, 11) is 3.70. The molecule has 1 unspecified atom stereocenters. The van der Waals surface area contributed by atoms with Crippen molar-refractivity contribution in [2.75, 3.05) is 40.0 Å². The molecule has 0 aromatic carbocycles. The highest BCUT2D eigenvalue weighted by Gasteiger charge is 2.34. The summed E-state index contributed by atoms with van der Waals surface area (Å²) in [5.74, 6) is 0. The van der Waals surface area contributed by atoms with Crippen molar-refractivity contribution in [2.45, 2.75) is 19.3 Å². The molecule has 0 radical (unpaired) electrons. The normalized spacial score (nSPS) is 23.1. The van der Waals surface area contributed by atoms with Crippen LogP contribution in [0.2, 0.25) is 0 Å². The molecular weight excluding hydrogens is 242 g/mol. The molecule has 0 spiro atoms. The van der Waals surface area contributed by atoms with Crippen molar-refractivity contribution in [1.29, 1.82) is 0 Å². The summed E-state index contributed by atoms with van der Waals surface area (Å²) in [4.78, 5) is 0. The quantitative estimate of drug-likeness (QED) is 0.714. The Morgan fingerprint density at radius 1 is 1.58 bits per heavy atom. The van der Waals surface area contributed by atoms with Gasteiger partial charge in [0.15, 0.2) is 0 Å². The molecular formula is C14H25N3O2. The van der Waals surface area contributed by atoms with Crippen molar-refractivity contribution in [3.05, 3.63) is 18.0 Å². The van der Waals surface area contributed by atoms with Crippen LogP contribution < -0.4 is 5.32 Å². The summed E-state index contributed by atoms with van der Waals surface area (Å²) >= 11 is 0. The molecule has 1 fully saturated rings. The van der Waals surface area contributed by atoms with E-state index in [1.165, 1.54) is 5.56 Å². The van der Waals surface area contributed by atoms with Gasteiger partial charge in [0.25, 0.3) is 0 Å². The number of methoxy groups -OCH3 is 1. The summed E-state index contributed by atoms with van der Waals surface area (Å²) in [5.41, 5.74) is 1.59. The molecule has 0 aliphatic carbocycles. The van der Waals surface area contributed by atoms with E-state index in [2.05, 4.69) is 16.6 Å². The average molecular weight is 267 g/mol. The lowest BCUT2D eigenvalue weighted by Gasteiger charge is -2.27. The zero-order valence-electron chi connectivity index (χ0n) is 12.0. The molecule has 2 heterocycles. The van der Waals surface area contributed by atoms with Crippen molar-refractivity contribution < 1.29 is 9.47 Å². The first-order valence-corrected chi connectivity index (χ1v) is 6.99. The van der Waals surface area contributed by atoms with Crippen LogP contribution in [0.25, 0.3) is 0 Å². The summed E-state index contributed by atoms with van der Waals surface area (Å²) < 4.78 is 12.6. The van der Waals surface area contributed by atoms with Crippen LogP contribution in [0.1, 0.15) is 18.4 Å². The maximum absolute atomic E-state index is 5.62. The van der Waals surface area contributed by atoms with Crippen LogP contribution in [0.15, 0.2) is 12.4 Å². The number of nitrogens with zero attached hydrogens (tertiary/aromatic N) is 2. The lowest BCUT2D eigenvalue weighted by molar-refractivity contribution is 0.139. The molecule has 5 nitrogen and oxygen atoms in total. The molecule has 1 N–H and O–H groups in total. The number of hydrogen-bond donors (Lipinski definition) is 1. The molecule has 1 atom stereocenters. The zero-order valence-corrected chi connectivity index (χ0v) is 12.0. The van der Waals surface area contributed by atoms with Crippen LogP contribution in [0.4, 0.5) is 0 Å². The van der Waals surface area contributed by atoms with Gasteiger partial charge >= 0.3 is 0 Å². The van der Waals surface area contributed by atoms with Crippen LogP contribution >= 0.6 is 0 Å². The van der Waals surface area contributed by atoms with E-state index in [9.17, 15) is 0 Å². The molecule has 108 valence electrons. The van der Waals surface area contributed by atoms with E-state index < -0.39 is 0 Å². The first kappa shape index (κ1) is 14.5. The Hall–Kier alpha value is -0.910. The van der Waals surface area contributed by atoms with E-state index >= 15 is 0 Å². The van der Waals surface area contributed by atoms with Crippen molar-refractivity contribution in [3.8, 4) is 0 Å². The molecule has 0 bridgehead atoms. The summed E-state index contributed by atoms with van der Waals surface area (Å²) in [6.07, 6.45) is 7.43. The van der Waals surface area contributed by atoms with Gasteiger partial charge in [0.1, 0.15) is 0 Å². The first-order chi connectivity index (χ1) is 9.24. The molecule has 1 aliphatic rings. The molecule has 19 heavy (non-hydrogen) atoms. The predicted molar refractivity (Wildman–Crippen MR) is 74.1 cm³/mol. The van der Waals surface area contributed by atoms with Gasteiger partial charge in [-0.25, -0.2) is 0 Å². The highest BCUT2D eigenvalue weighted by atomic mass is 16.5. The van der Waals surface area contributed by atoms with Crippen molar-refractivity contribution >= 4 is 0 Å². The fourth-order valence-corrected chi connectivity index (χ4v) is 2.61. The van der Waals surface area contributed by atoms with Gasteiger partial charge in [-0.1, -0.05) is 0 Å². The minimum Gasteiger partial charge on any atom is -0.383 e.